The molecule has 48 heavy (non-hydrogen) atoms. The molecule has 3 aliphatic heterocycles. The maximum absolute atomic E-state index is 14.4. The molecule has 12 heteroatoms. The monoisotopic (exact) mass is 663 g/mol. The predicted octanol–water partition coefficient (Wildman–Crippen LogP) is 4.89. The molecule has 0 saturated carbocycles. The van der Waals surface area contributed by atoms with Crippen molar-refractivity contribution >= 4 is 17.7 Å². The van der Waals surface area contributed by atoms with Crippen LogP contribution in [0.4, 0.5) is 19.3 Å². The lowest BCUT2D eigenvalue weighted by molar-refractivity contribution is -0.122. The number of piperazine rings is 1. The normalized spacial score (nSPS) is 25.0. The van der Waals surface area contributed by atoms with Gasteiger partial charge in [0.25, 0.3) is 0 Å². The van der Waals surface area contributed by atoms with E-state index in [2.05, 4.69) is 23.6 Å². The Balaban J connectivity index is 1.32. The first-order chi connectivity index (χ1) is 23.0. The Hall–Kier alpha value is -4.13. The number of pyridine rings is 1. The Morgan fingerprint density at radius 1 is 0.875 bits per heavy atom. The van der Waals surface area contributed by atoms with Crippen molar-refractivity contribution in [1.82, 2.24) is 19.7 Å². The van der Waals surface area contributed by atoms with E-state index in [0.717, 1.165) is 11.1 Å². The zero-order valence-corrected chi connectivity index (χ0v) is 27.8. The van der Waals surface area contributed by atoms with Gasteiger partial charge < -0.3 is 24.4 Å². The zero-order valence-electron chi connectivity index (χ0n) is 27.8. The first kappa shape index (κ1) is 33.8. The minimum atomic E-state index is -0.964. The third-order valence-electron chi connectivity index (χ3n) is 9.71. The second-order valence-electron chi connectivity index (χ2n) is 13.4. The number of carbonyl (C=O) groups excluding carboxylic acids is 1. The summed E-state index contributed by atoms with van der Waals surface area (Å²) in [4.78, 5) is 39.1. The molecular weight excluding hydrogens is 620 g/mol. The molecule has 0 aliphatic carbocycles. The van der Waals surface area contributed by atoms with Gasteiger partial charge in [-0.15, -0.1) is 0 Å². The summed E-state index contributed by atoms with van der Waals surface area (Å²) in [5.74, 6) is -0.539. The molecule has 2 fully saturated rings. The van der Waals surface area contributed by atoms with E-state index in [1.165, 1.54) is 29.2 Å². The summed E-state index contributed by atoms with van der Waals surface area (Å²) in [6, 6.07) is 13.7. The molecule has 4 heterocycles. The van der Waals surface area contributed by atoms with E-state index in [-0.39, 0.29) is 60.9 Å². The second-order valence-corrected chi connectivity index (χ2v) is 13.4. The van der Waals surface area contributed by atoms with E-state index < -0.39 is 6.09 Å². The number of amides is 2. The average molecular weight is 664 g/mol. The van der Waals surface area contributed by atoms with Gasteiger partial charge in [-0.1, -0.05) is 12.1 Å². The van der Waals surface area contributed by atoms with Crippen LogP contribution in [0.5, 0.6) is 5.88 Å². The highest BCUT2D eigenvalue weighted by molar-refractivity contribution is 5.97. The molecule has 10 nitrogen and oxygen atoms in total. The maximum atomic E-state index is 14.4. The van der Waals surface area contributed by atoms with Gasteiger partial charge in [-0.25, -0.2) is 18.6 Å². The van der Waals surface area contributed by atoms with E-state index in [1.807, 2.05) is 19.9 Å². The number of hydrogen-bond donors (Lipinski definition) is 1. The number of hydrogen-bond acceptors (Lipinski definition) is 7. The predicted molar refractivity (Wildman–Crippen MR) is 177 cm³/mol. The molecule has 3 aliphatic rings. The smallest absolute Gasteiger partial charge is 0.407 e. The van der Waals surface area contributed by atoms with Gasteiger partial charge in [-0.2, -0.15) is 0 Å². The van der Waals surface area contributed by atoms with Crippen molar-refractivity contribution in [2.45, 2.75) is 64.3 Å². The van der Waals surface area contributed by atoms with Gasteiger partial charge >= 0.3 is 6.09 Å². The standard InChI is InChI=1S/C36H43F2N5O5/c1-22-15-40(31(17-42(22)36(45)46)16-41-23(2)19-47-20-24(41)3)18-33(44)43-25(4)21-48-35-32(43)14-28(13-26-5-9-29(37)10-6-26)34(39-35)27-7-11-30(38)12-8-27/h5-12,14,22-25,31H,13,15-21H2,1-4H3,(H,45,46)/t22-,23-,24-,25+,31+/m1/s1. The zero-order chi connectivity index (χ0) is 34.1. The van der Waals surface area contributed by atoms with Crippen LogP contribution in [0.1, 0.15) is 38.8 Å². The molecule has 0 radical (unpaired) electrons. The summed E-state index contributed by atoms with van der Waals surface area (Å²) < 4.78 is 39.4. The number of anilines is 1. The lowest BCUT2D eigenvalue weighted by atomic mass is 9.98. The molecule has 3 aromatic rings. The van der Waals surface area contributed by atoms with Crippen LogP contribution >= 0.6 is 0 Å². The highest BCUT2D eigenvalue weighted by Gasteiger charge is 2.40. The van der Waals surface area contributed by atoms with Crippen LogP contribution in [0.25, 0.3) is 11.3 Å². The summed E-state index contributed by atoms with van der Waals surface area (Å²) in [6.45, 7) is 10.9. The van der Waals surface area contributed by atoms with Crippen LogP contribution in [-0.4, -0.2) is 113 Å². The largest absolute Gasteiger partial charge is 0.474 e. The summed E-state index contributed by atoms with van der Waals surface area (Å²) in [5.41, 5.74) is 3.44. The molecule has 6 rings (SSSR count). The fourth-order valence-corrected chi connectivity index (χ4v) is 7.14. The minimum absolute atomic E-state index is 0.0896. The summed E-state index contributed by atoms with van der Waals surface area (Å²) in [5, 5.41) is 9.96. The molecule has 2 amide bonds. The van der Waals surface area contributed by atoms with Gasteiger partial charge in [-0.3, -0.25) is 14.6 Å². The summed E-state index contributed by atoms with van der Waals surface area (Å²) in [6.07, 6.45) is -0.565. The first-order valence-corrected chi connectivity index (χ1v) is 16.5. The third-order valence-corrected chi connectivity index (χ3v) is 9.71. The van der Waals surface area contributed by atoms with Gasteiger partial charge in [0.1, 0.15) is 23.9 Å². The fourth-order valence-electron chi connectivity index (χ4n) is 7.14. The van der Waals surface area contributed by atoms with Gasteiger partial charge in [0.15, 0.2) is 0 Å². The topological polar surface area (TPSA) is 98.7 Å². The number of rotatable bonds is 7. The number of ether oxygens (including phenoxy) is 2. The van der Waals surface area contributed by atoms with Crippen molar-refractivity contribution in [3.05, 3.63) is 77.4 Å². The molecule has 2 aromatic carbocycles. The Morgan fingerprint density at radius 2 is 1.52 bits per heavy atom. The van der Waals surface area contributed by atoms with Gasteiger partial charge in [0, 0.05) is 49.4 Å². The quantitative estimate of drug-likeness (QED) is 0.382. The molecule has 0 unspecified atom stereocenters. The number of morpholine rings is 1. The van der Waals surface area contributed by atoms with E-state index in [0.29, 0.717) is 62.1 Å². The van der Waals surface area contributed by atoms with E-state index >= 15 is 0 Å². The summed E-state index contributed by atoms with van der Waals surface area (Å²) in [7, 11) is 0. The summed E-state index contributed by atoms with van der Waals surface area (Å²) >= 11 is 0. The molecule has 5 atom stereocenters. The molecule has 0 spiro atoms. The second kappa shape index (κ2) is 14.2. The van der Waals surface area contributed by atoms with Crippen molar-refractivity contribution in [1.29, 1.82) is 0 Å². The number of aromatic nitrogens is 1. The van der Waals surface area contributed by atoms with Crippen LogP contribution in [-0.2, 0) is 16.0 Å². The molecule has 1 aromatic heterocycles. The van der Waals surface area contributed by atoms with Crippen molar-refractivity contribution in [2.75, 3.05) is 50.9 Å². The fraction of sp³-hybridized carbons (Fsp3) is 0.472. The SMILES string of the molecule is C[C@@H]1CN(CC(=O)N2c3cc(Cc4ccc(F)cc4)c(-c4ccc(F)cc4)nc3OC[C@@H]2C)[C@@H](CN2[C@H](C)COC[C@H]2C)CN1C(=O)O. The molecule has 1 N–H and O–H groups in total. The van der Waals surface area contributed by atoms with Gasteiger partial charge in [0.05, 0.1) is 31.5 Å². The third kappa shape index (κ3) is 7.15. The average Bonchev–Trinajstić information content (AvgIpc) is 3.04. The highest BCUT2D eigenvalue weighted by atomic mass is 19.1. The van der Waals surface area contributed by atoms with Crippen molar-refractivity contribution in [3.63, 3.8) is 0 Å². The van der Waals surface area contributed by atoms with Crippen LogP contribution in [0.15, 0.2) is 54.6 Å². The first-order valence-electron chi connectivity index (χ1n) is 16.5. The van der Waals surface area contributed by atoms with Crippen LogP contribution in [0.3, 0.4) is 0 Å². The van der Waals surface area contributed by atoms with Crippen molar-refractivity contribution in [2.24, 2.45) is 0 Å². The lowest BCUT2D eigenvalue weighted by Gasteiger charge is -2.48. The minimum Gasteiger partial charge on any atom is -0.474 e. The van der Waals surface area contributed by atoms with Crippen molar-refractivity contribution in [3.8, 4) is 17.1 Å². The number of carbonyl (C=O) groups is 2. The molecule has 2 saturated heterocycles. The Kier molecular flexibility index (Phi) is 9.95. The molecule has 256 valence electrons. The van der Waals surface area contributed by atoms with Crippen molar-refractivity contribution < 1.29 is 33.0 Å². The number of fused-ring (bicyclic) bond motifs is 1. The number of carboxylic acid groups (broad SMARTS) is 1. The van der Waals surface area contributed by atoms with Crippen LogP contribution in [0.2, 0.25) is 0 Å². The maximum Gasteiger partial charge on any atom is 0.407 e. The number of nitrogens with zero attached hydrogens (tertiary/aromatic N) is 5. The number of benzene rings is 2. The highest BCUT2D eigenvalue weighted by Crippen LogP contribution is 2.38. The lowest BCUT2D eigenvalue weighted by Crippen LogP contribution is -2.65. The van der Waals surface area contributed by atoms with E-state index in [1.54, 1.807) is 29.2 Å². The van der Waals surface area contributed by atoms with E-state index in [4.69, 9.17) is 14.5 Å². The van der Waals surface area contributed by atoms with Gasteiger partial charge in [0.2, 0.25) is 11.8 Å². The van der Waals surface area contributed by atoms with E-state index in [9.17, 15) is 23.5 Å². The molecular formula is C36H43F2N5O5. The van der Waals surface area contributed by atoms with Crippen LogP contribution < -0.4 is 9.64 Å². The Labute approximate surface area is 279 Å². The molecule has 0 bridgehead atoms. The number of halogens is 2. The Morgan fingerprint density at radius 3 is 2.17 bits per heavy atom. The Bertz CT molecular complexity index is 1610. The van der Waals surface area contributed by atoms with Crippen LogP contribution in [0, 0.1) is 11.6 Å². The van der Waals surface area contributed by atoms with Gasteiger partial charge in [-0.05, 0) is 87.7 Å².